The van der Waals surface area contributed by atoms with Gasteiger partial charge in [0.25, 0.3) is 0 Å². The Kier molecular flexibility index (Phi) is 6.84. The molecule has 1 aromatic rings. The first-order valence-corrected chi connectivity index (χ1v) is 10.8. The fourth-order valence-electron chi connectivity index (χ4n) is 1.36. The zero-order valence-electron chi connectivity index (χ0n) is 13.5. The summed E-state index contributed by atoms with van der Waals surface area (Å²) in [5.74, 6) is 0.673. The van der Waals surface area contributed by atoms with Gasteiger partial charge in [-0.05, 0) is 46.2 Å². The maximum atomic E-state index is 9.48. The van der Waals surface area contributed by atoms with Crippen LogP contribution in [0.3, 0.4) is 0 Å². The summed E-state index contributed by atoms with van der Waals surface area (Å²) in [5, 5.41) is 9.65. The summed E-state index contributed by atoms with van der Waals surface area (Å²) in [7, 11) is -1.78. The van der Waals surface area contributed by atoms with E-state index >= 15 is 0 Å². The molecule has 1 aromatic heterocycles. The number of rotatable bonds is 7. The fourth-order valence-corrected chi connectivity index (χ4v) is 2.68. The molecule has 1 unspecified atom stereocenters. The second-order valence-electron chi connectivity index (χ2n) is 6.75. The molecule has 0 aromatic carbocycles. The number of ether oxygens (including phenoxy) is 1. The Morgan fingerprint density at radius 3 is 2.43 bits per heavy atom. The predicted octanol–water partition coefficient (Wildman–Crippen LogP) is 3.85. The highest BCUT2D eigenvalue weighted by Crippen LogP contribution is 2.36. The molecule has 1 N–H and O–H groups in total. The lowest BCUT2D eigenvalue weighted by atomic mass is 10.2. The number of aromatic nitrogens is 1. The Morgan fingerprint density at radius 2 is 1.95 bits per heavy atom. The average molecular weight is 376 g/mol. The van der Waals surface area contributed by atoms with Gasteiger partial charge in [0.15, 0.2) is 8.32 Å². The van der Waals surface area contributed by atoms with E-state index in [9.17, 15) is 5.11 Å². The molecule has 21 heavy (non-hydrogen) atoms. The van der Waals surface area contributed by atoms with Gasteiger partial charge in [0.05, 0.1) is 19.4 Å². The van der Waals surface area contributed by atoms with Crippen molar-refractivity contribution in [3.63, 3.8) is 0 Å². The molecular weight excluding hydrogens is 350 g/mol. The molecule has 0 saturated carbocycles. The van der Waals surface area contributed by atoms with Crippen molar-refractivity contribution in [2.75, 3.05) is 19.8 Å². The van der Waals surface area contributed by atoms with Crippen LogP contribution in [-0.2, 0) is 4.43 Å². The Balaban J connectivity index is 2.47. The van der Waals surface area contributed by atoms with Crippen molar-refractivity contribution in [1.82, 2.24) is 4.98 Å². The monoisotopic (exact) mass is 375 g/mol. The Hall–Kier alpha value is -0.433. The molecule has 0 radical (unpaired) electrons. The van der Waals surface area contributed by atoms with Crippen molar-refractivity contribution in [3.05, 3.63) is 22.9 Å². The minimum atomic E-state index is -1.78. The van der Waals surface area contributed by atoms with Crippen LogP contribution in [0.4, 0.5) is 0 Å². The Morgan fingerprint density at radius 1 is 1.29 bits per heavy atom. The van der Waals surface area contributed by atoms with Crippen molar-refractivity contribution in [2.24, 2.45) is 5.92 Å². The number of hydrogen-bond donors (Lipinski definition) is 1. The largest absolute Gasteiger partial charge is 0.492 e. The van der Waals surface area contributed by atoms with Crippen LogP contribution in [0.15, 0.2) is 22.9 Å². The van der Waals surface area contributed by atoms with Crippen molar-refractivity contribution < 1.29 is 14.3 Å². The number of hydrogen-bond acceptors (Lipinski definition) is 4. The van der Waals surface area contributed by atoms with Crippen molar-refractivity contribution in [2.45, 2.75) is 38.9 Å². The average Bonchev–Trinajstić information content (AvgIpc) is 2.39. The highest BCUT2D eigenvalue weighted by atomic mass is 79.9. The second-order valence-corrected chi connectivity index (χ2v) is 12.4. The van der Waals surface area contributed by atoms with Crippen LogP contribution in [0.5, 0.6) is 5.75 Å². The molecule has 4 nitrogen and oxygen atoms in total. The molecule has 0 aliphatic heterocycles. The Bertz CT molecular complexity index is 432. The van der Waals surface area contributed by atoms with Crippen LogP contribution in [0, 0.1) is 5.92 Å². The van der Waals surface area contributed by atoms with E-state index in [1.807, 2.05) is 12.1 Å². The molecule has 1 rings (SSSR count). The van der Waals surface area contributed by atoms with Gasteiger partial charge in [-0.2, -0.15) is 0 Å². The molecule has 0 aliphatic carbocycles. The van der Waals surface area contributed by atoms with Gasteiger partial charge in [-0.1, -0.05) is 20.8 Å². The van der Waals surface area contributed by atoms with E-state index in [1.54, 1.807) is 6.20 Å². The predicted molar refractivity (Wildman–Crippen MR) is 91.2 cm³/mol. The second kappa shape index (κ2) is 7.72. The normalized spacial score (nSPS) is 14.0. The minimum Gasteiger partial charge on any atom is -0.492 e. The topological polar surface area (TPSA) is 51.6 Å². The third kappa shape index (κ3) is 6.06. The molecule has 0 amide bonds. The quantitative estimate of drug-likeness (QED) is 0.580. The molecule has 0 spiro atoms. The molecule has 0 saturated heterocycles. The van der Waals surface area contributed by atoms with E-state index < -0.39 is 8.32 Å². The number of halogens is 1. The SMILES string of the molecule is CC(C)(C)[Si](C)(C)OCC(CO)COc1ccc(Br)nc1. The molecular formula is C15H26BrNO3Si. The van der Waals surface area contributed by atoms with Crippen LogP contribution >= 0.6 is 15.9 Å². The maximum absolute atomic E-state index is 9.48. The van der Waals surface area contributed by atoms with Crippen LogP contribution in [0.25, 0.3) is 0 Å². The standard InChI is InChI=1S/C15H26BrNO3Si/c1-15(2,3)21(4,5)20-11-12(9-18)10-19-13-6-7-14(16)17-8-13/h6-8,12,18H,9-11H2,1-5H3. The molecule has 1 atom stereocenters. The van der Waals surface area contributed by atoms with E-state index in [-0.39, 0.29) is 17.6 Å². The molecule has 1 heterocycles. The lowest BCUT2D eigenvalue weighted by Gasteiger charge is -2.37. The van der Waals surface area contributed by atoms with Crippen LogP contribution in [0.1, 0.15) is 20.8 Å². The number of aliphatic hydroxyl groups excluding tert-OH is 1. The van der Waals surface area contributed by atoms with E-state index in [2.05, 4.69) is 54.8 Å². The highest BCUT2D eigenvalue weighted by Gasteiger charge is 2.37. The van der Waals surface area contributed by atoms with Gasteiger partial charge in [-0.3, -0.25) is 0 Å². The summed E-state index contributed by atoms with van der Waals surface area (Å²) in [6, 6.07) is 3.68. The first-order chi connectivity index (χ1) is 9.65. The van der Waals surface area contributed by atoms with E-state index in [0.29, 0.717) is 19.0 Å². The summed E-state index contributed by atoms with van der Waals surface area (Å²) >= 11 is 3.28. The van der Waals surface area contributed by atoms with Crippen LogP contribution in [-0.4, -0.2) is 38.2 Å². The number of pyridine rings is 1. The summed E-state index contributed by atoms with van der Waals surface area (Å²) in [6.07, 6.45) is 1.66. The van der Waals surface area contributed by atoms with Crippen molar-refractivity contribution >= 4 is 24.2 Å². The third-order valence-corrected chi connectivity index (χ3v) is 8.90. The molecule has 0 aliphatic rings. The summed E-state index contributed by atoms with van der Waals surface area (Å²) in [4.78, 5) is 4.11. The van der Waals surface area contributed by atoms with Gasteiger partial charge in [0, 0.05) is 12.5 Å². The number of nitrogens with zero attached hydrogens (tertiary/aromatic N) is 1. The Labute approximate surface area is 137 Å². The fraction of sp³-hybridized carbons (Fsp3) is 0.667. The van der Waals surface area contributed by atoms with Gasteiger partial charge in [0.2, 0.25) is 0 Å². The summed E-state index contributed by atoms with van der Waals surface area (Å²) in [5.41, 5.74) is 0. The van der Waals surface area contributed by atoms with Crippen LogP contribution in [0.2, 0.25) is 18.1 Å². The van der Waals surface area contributed by atoms with E-state index in [4.69, 9.17) is 9.16 Å². The zero-order chi connectivity index (χ0) is 16.1. The van der Waals surface area contributed by atoms with Gasteiger partial charge < -0.3 is 14.3 Å². The summed E-state index contributed by atoms with van der Waals surface area (Å²) < 4.78 is 12.6. The maximum Gasteiger partial charge on any atom is 0.191 e. The van der Waals surface area contributed by atoms with Gasteiger partial charge in [0.1, 0.15) is 10.4 Å². The first kappa shape index (κ1) is 18.6. The zero-order valence-corrected chi connectivity index (χ0v) is 16.1. The molecule has 0 fully saturated rings. The molecule has 120 valence electrons. The lowest BCUT2D eigenvalue weighted by Crippen LogP contribution is -2.42. The first-order valence-electron chi connectivity index (χ1n) is 7.15. The van der Waals surface area contributed by atoms with E-state index in [1.165, 1.54) is 0 Å². The van der Waals surface area contributed by atoms with Gasteiger partial charge in [-0.25, -0.2) is 4.98 Å². The van der Waals surface area contributed by atoms with Gasteiger partial charge >= 0.3 is 0 Å². The molecule has 6 heteroatoms. The van der Waals surface area contributed by atoms with Crippen molar-refractivity contribution in [1.29, 1.82) is 0 Å². The van der Waals surface area contributed by atoms with Crippen molar-refractivity contribution in [3.8, 4) is 5.75 Å². The lowest BCUT2D eigenvalue weighted by molar-refractivity contribution is 0.109. The van der Waals surface area contributed by atoms with Gasteiger partial charge in [-0.15, -0.1) is 0 Å². The number of aliphatic hydroxyl groups is 1. The smallest absolute Gasteiger partial charge is 0.191 e. The van der Waals surface area contributed by atoms with Crippen LogP contribution < -0.4 is 4.74 Å². The third-order valence-electron chi connectivity index (χ3n) is 3.93. The summed E-state index contributed by atoms with van der Waals surface area (Å²) in [6.45, 7) is 12.0. The van der Waals surface area contributed by atoms with E-state index in [0.717, 1.165) is 4.60 Å². The highest BCUT2D eigenvalue weighted by molar-refractivity contribution is 9.10. The minimum absolute atomic E-state index is 0.0252. The molecule has 0 bridgehead atoms.